The molecule has 1 rings (SSSR count). The molecule has 0 aliphatic heterocycles. The summed E-state index contributed by atoms with van der Waals surface area (Å²) in [6, 6.07) is 3.48. The van der Waals surface area contributed by atoms with Gasteiger partial charge in [-0.3, -0.25) is 9.78 Å². The zero-order chi connectivity index (χ0) is 14.1. The molecule has 0 spiro atoms. The van der Waals surface area contributed by atoms with Gasteiger partial charge in [0.1, 0.15) is 6.61 Å². The lowest BCUT2D eigenvalue weighted by molar-refractivity contribution is -0.141. The number of carbonyl (C=O) groups is 2. The molecule has 2 N–H and O–H groups in total. The predicted molar refractivity (Wildman–Crippen MR) is 68.6 cm³/mol. The van der Waals surface area contributed by atoms with Crippen molar-refractivity contribution in [1.29, 1.82) is 0 Å². The minimum Gasteiger partial charge on any atom is -0.481 e. The van der Waals surface area contributed by atoms with Crippen molar-refractivity contribution >= 4 is 12.1 Å². The number of hydrogen-bond donors (Lipinski definition) is 2. The van der Waals surface area contributed by atoms with Gasteiger partial charge in [-0.05, 0) is 24.1 Å². The lowest BCUT2D eigenvalue weighted by Gasteiger charge is -2.13. The number of nitrogens with one attached hydrogen (secondary N) is 1. The molecule has 102 valence electrons. The summed E-state index contributed by atoms with van der Waals surface area (Å²) in [5.74, 6) is -1.68. The van der Waals surface area contributed by atoms with Crippen LogP contribution >= 0.6 is 0 Å². The van der Waals surface area contributed by atoms with Crippen LogP contribution in [0.5, 0.6) is 0 Å². The highest BCUT2D eigenvalue weighted by molar-refractivity contribution is 5.72. The SMILES string of the molecule is C=CCOC(=O)NCC(Cc1ccncc1)C(=O)O. The molecule has 1 atom stereocenters. The minimum absolute atomic E-state index is 0.00757. The summed E-state index contributed by atoms with van der Waals surface area (Å²) in [5.41, 5.74) is 0.851. The third-order valence-corrected chi connectivity index (χ3v) is 2.41. The van der Waals surface area contributed by atoms with E-state index in [9.17, 15) is 9.59 Å². The maximum atomic E-state index is 11.2. The monoisotopic (exact) mass is 264 g/mol. The number of alkyl carbamates (subject to hydrolysis) is 1. The summed E-state index contributed by atoms with van der Waals surface area (Å²) < 4.78 is 4.70. The Kier molecular flexibility index (Phi) is 6.08. The Hall–Kier alpha value is -2.37. The molecular formula is C13H16N2O4. The van der Waals surface area contributed by atoms with Crippen molar-refractivity contribution in [3.8, 4) is 0 Å². The lowest BCUT2D eigenvalue weighted by Crippen LogP contribution is -2.34. The van der Waals surface area contributed by atoms with Crippen LogP contribution in [0.2, 0.25) is 0 Å². The van der Waals surface area contributed by atoms with Crippen molar-refractivity contribution in [2.24, 2.45) is 5.92 Å². The van der Waals surface area contributed by atoms with E-state index in [2.05, 4.69) is 16.9 Å². The summed E-state index contributed by atoms with van der Waals surface area (Å²) in [4.78, 5) is 26.2. The second kappa shape index (κ2) is 7.86. The van der Waals surface area contributed by atoms with Crippen LogP contribution in [-0.2, 0) is 16.0 Å². The van der Waals surface area contributed by atoms with Gasteiger partial charge in [0.15, 0.2) is 0 Å². The van der Waals surface area contributed by atoms with Crippen molar-refractivity contribution in [3.63, 3.8) is 0 Å². The highest BCUT2D eigenvalue weighted by Gasteiger charge is 2.19. The molecule has 6 heteroatoms. The van der Waals surface area contributed by atoms with Gasteiger partial charge < -0.3 is 15.2 Å². The molecule has 1 aromatic rings. The van der Waals surface area contributed by atoms with Crippen LogP contribution in [0, 0.1) is 5.92 Å². The maximum Gasteiger partial charge on any atom is 0.407 e. The van der Waals surface area contributed by atoms with E-state index < -0.39 is 18.0 Å². The van der Waals surface area contributed by atoms with E-state index in [1.54, 1.807) is 24.5 Å². The summed E-state index contributed by atoms with van der Waals surface area (Å²) in [5, 5.41) is 11.5. The molecule has 1 unspecified atom stereocenters. The molecule has 1 aromatic heterocycles. The molecule has 1 heterocycles. The van der Waals surface area contributed by atoms with Gasteiger partial charge in [0.25, 0.3) is 0 Å². The van der Waals surface area contributed by atoms with Crippen molar-refractivity contribution in [1.82, 2.24) is 10.3 Å². The van der Waals surface area contributed by atoms with Crippen LogP contribution in [0.1, 0.15) is 5.56 Å². The number of carboxylic acids is 1. The fourth-order valence-corrected chi connectivity index (χ4v) is 1.44. The molecule has 19 heavy (non-hydrogen) atoms. The summed E-state index contributed by atoms with van der Waals surface area (Å²) >= 11 is 0. The van der Waals surface area contributed by atoms with Crippen LogP contribution in [0.3, 0.4) is 0 Å². The first-order valence-corrected chi connectivity index (χ1v) is 5.76. The molecule has 0 aromatic carbocycles. The fourth-order valence-electron chi connectivity index (χ4n) is 1.44. The van der Waals surface area contributed by atoms with E-state index in [-0.39, 0.29) is 13.2 Å². The standard InChI is InChI=1S/C13H16N2O4/c1-2-7-19-13(18)15-9-11(12(16)17)8-10-3-5-14-6-4-10/h2-6,11H,1,7-9H2,(H,15,18)(H,16,17). The number of aliphatic carboxylic acids is 1. The summed E-state index contributed by atoms with van der Waals surface area (Å²) in [7, 11) is 0. The molecule has 0 aliphatic rings. The third-order valence-electron chi connectivity index (χ3n) is 2.41. The Labute approximate surface area is 111 Å². The number of nitrogens with zero attached hydrogens (tertiary/aromatic N) is 1. The number of aromatic nitrogens is 1. The number of pyridine rings is 1. The summed E-state index contributed by atoms with van der Waals surface area (Å²) in [6.07, 6.45) is 4.30. The van der Waals surface area contributed by atoms with Crippen molar-refractivity contribution in [3.05, 3.63) is 42.7 Å². The Morgan fingerprint density at radius 2 is 2.16 bits per heavy atom. The van der Waals surface area contributed by atoms with Crippen molar-refractivity contribution in [2.45, 2.75) is 6.42 Å². The molecule has 0 saturated carbocycles. The number of hydrogen-bond acceptors (Lipinski definition) is 4. The average Bonchev–Trinajstić information content (AvgIpc) is 2.41. The van der Waals surface area contributed by atoms with Gasteiger partial charge >= 0.3 is 12.1 Å². The van der Waals surface area contributed by atoms with Crippen LogP contribution in [-0.4, -0.2) is 35.3 Å². The van der Waals surface area contributed by atoms with E-state index in [0.29, 0.717) is 6.42 Å². The molecule has 0 radical (unpaired) electrons. The topological polar surface area (TPSA) is 88.5 Å². The Morgan fingerprint density at radius 3 is 2.74 bits per heavy atom. The molecule has 0 saturated heterocycles. The molecule has 0 aliphatic carbocycles. The van der Waals surface area contributed by atoms with E-state index >= 15 is 0 Å². The molecule has 6 nitrogen and oxygen atoms in total. The Morgan fingerprint density at radius 1 is 1.47 bits per heavy atom. The molecule has 0 bridgehead atoms. The van der Waals surface area contributed by atoms with E-state index in [4.69, 9.17) is 9.84 Å². The van der Waals surface area contributed by atoms with Gasteiger partial charge in [-0.25, -0.2) is 4.79 Å². The normalized spacial score (nSPS) is 11.4. The first-order chi connectivity index (χ1) is 9.13. The molecule has 0 fully saturated rings. The summed E-state index contributed by atoms with van der Waals surface area (Å²) in [6.45, 7) is 3.51. The molecular weight excluding hydrogens is 248 g/mol. The van der Waals surface area contributed by atoms with Crippen LogP contribution in [0.25, 0.3) is 0 Å². The smallest absolute Gasteiger partial charge is 0.407 e. The van der Waals surface area contributed by atoms with E-state index in [1.165, 1.54) is 6.08 Å². The fraction of sp³-hybridized carbons (Fsp3) is 0.308. The van der Waals surface area contributed by atoms with Crippen molar-refractivity contribution in [2.75, 3.05) is 13.2 Å². The predicted octanol–water partition coefficient (Wildman–Crippen LogP) is 1.24. The second-order valence-corrected chi connectivity index (χ2v) is 3.86. The van der Waals surface area contributed by atoms with Gasteiger partial charge in [0.2, 0.25) is 0 Å². The van der Waals surface area contributed by atoms with Gasteiger partial charge in [-0.2, -0.15) is 0 Å². The highest BCUT2D eigenvalue weighted by atomic mass is 16.5. The lowest BCUT2D eigenvalue weighted by atomic mass is 10.0. The second-order valence-electron chi connectivity index (χ2n) is 3.86. The molecule has 1 amide bonds. The van der Waals surface area contributed by atoms with Crippen LogP contribution in [0.15, 0.2) is 37.2 Å². The van der Waals surface area contributed by atoms with Gasteiger partial charge in [-0.15, -0.1) is 0 Å². The number of carboxylic acid groups (broad SMARTS) is 1. The average molecular weight is 264 g/mol. The number of rotatable bonds is 7. The van der Waals surface area contributed by atoms with Gasteiger partial charge in [0, 0.05) is 18.9 Å². The van der Waals surface area contributed by atoms with E-state index in [0.717, 1.165) is 5.56 Å². The largest absolute Gasteiger partial charge is 0.481 e. The van der Waals surface area contributed by atoms with Crippen LogP contribution in [0.4, 0.5) is 4.79 Å². The number of ether oxygens (including phenoxy) is 1. The van der Waals surface area contributed by atoms with Gasteiger partial charge in [0.05, 0.1) is 5.92 Å². The highest BCUT2D eigenvalue weighted by Crippen LogP contribution is 2.07. The zero-order valence-corrected chi connectivity index (χ0v) is 10.4. The maximum absolute atomic E-state index is 11.2. The number of amides is 1. The quantitative estimate of drug-likeness (QED) is 0.723. The van der Waals surface area contributed by atoms with Crippen molar-refractivity contribution < 1.29 is 19.4 Å². The first kappa shape index (κ1) is 14.7. The van der Waals surface area contributed by atoms with Crippen LogP contribution < -0.4 is 5.32 Å². The zero-order valence-electron chi connectivity index (χ0n) is 10.4. The Bertz CT molecular complexity index is 434. The van der Waals surface area contributed by atoms with Gasteiger partial charge in [-0.1, -0.05) is 12.7 Å². The minimum atomic E-state index is -0.971. The first-order valence-electron chi connectivity index (χ1n) is 5.76. The Balaban J connectivity index is 2.47. The number of carbonyl (C=O) groups excluding carboxylic acids is 1. The van der Waals surface area contributed by atoms with E-state index in [1.807, 2.05) is 0 Å². The third kappa shape index (κ3) is 5.67.